The molecule has 0 spiro atoms. The molecule has 0 saturated heterocycles. The Balaban J connectivity index is 3.42. The molecule has 1 N–H and O–H groups in total. The Morgan fingerprint density at radius 1 is 1.70 bits per heavy atom. The summed E-state index contributed by atoms with van der Waals surface area (Å²) in [6.07, 6.45) is 2.45. The lowest BCUT2D eigenvalue weighted by Crippen LogP contribution is -2.22. The van der Waals surface area contributed by atoms with Gasteiger partial charge in [0, 0.05) is 13.3 Å². The predicted molar refractivity (Wildman–Crippen MR) is 43.1 cm³/mol. The third kappa shape index (κ3) is 5.56. The van der Waals surface area contributed by atoms with Gasteiger partial charge in [0.05, 0.1) is 12.6 Å². The molecule has 3 heteroatoms. The number of likely N-dealkylation sites (N-methyl/N-ethyl adjacent to an activating group) is 1. The van der Waals surface area contributed by atoms with Crippen LogP contribution in [0.4, 0.5) is 0 Å². The summed E-state index contributed by atoms with van der Waals surface area (Å²) in [5, 5.41) is 14.7. The Hall–Kier alpha value is -0.570. The van der Waals surface area contributed by atoms with Crippen molar-refractivity contribution in [3.8, 4) is 0 Å². The van der Waals surface area contributed by atoms with Crippen LogP contribution in [-0.2, 0) is 0 Å². The molecule has 0 fully saturated rings. The van der Waals surface area contributed by atoms with Gasteiger partial charge in [-0.25, -0.2) is 0 Å². The summed E-state index contributed by atoms with van der Waals surface area (Å²) in [6.45, 7) is 4.37. The van der Waals surface area contributed by atoms with E-state index in [0.717, 1.165) is 6.42 Å². The van der Waals surface area contributed by atoms with E-state index in [2.05, 4.69) is 5.10 Å². The highest BCUT2D eigenvalue weighted by Gasteiger charge is 1.96. The molecule has 0 aromatic rings. The highest BCUT2D eigenvalue weighted by molar-refractivity contribution is 5.55. The van der Waals surface area contributed by atoms with Crippen molar-refractivity contribution in [2.75, 3.05) is 13.6 Å². The molecule has 0 rings (SSSR count). The average molecular weight is 144 g/mol. The first-order valence-electron chi connectivity index (χ1n) is 3.58. The Morgan fingerprint density at radius 2 is 2.30 bits per heavy atom. The second-order valence-electron chi connectivity index (χ2n) is 2.40. The van der Waals surface area contributed by atoms with Crippen LogP contribution in [0.3, 0.4) is 0 Å². The molecule has 0 aliphatic carbocycles. The highest BCUT2D eigenvalue weighted by atomic mass is 16.3. The molecule has 0 heterocycles. The summed E-state index contributed by atoms with van der Waals surface area (Å²) in [5.41, 5.74) is 0. The molecule has 0 aliphatic rings. The van der Waals surface area contributed by atoms with Crippen LogP contribution in [0.1, 0.15) is 20.3 Å². The molecule has 0 aliphatic heterocycles. The van der Waals surface area contributed by atoms with E-state index in [1.165, 1.54) is 0 Å². The van der Waals surface area contributed by atoms with Gasteiger partial charge in [0.25, 0.3) is 0 Å². The van der Waals surface area contributed by atoms with Crippen LogP contribution < -0.4 is 0 Å². The van der Waals surface area contributed by atoms with E-state index in [1.54, 1.807) is 11.9 Å². The van der Waals surface area contributed by atoms with Crippen molar-refractivity contribution in [3.63, 3.8) is 0 Å². The Morgan fingerprint density at radius 3 is 2.70 bits per heavy atom. The SMILES string of the molecule is CC/C=N\N(C)C[C@@H](C)O. The van der Waals surface area contributed by atoms with Crippen LogP contribution in [-0.4, -0.2) is 36.0 Å². The quantitative estimate of drug-likeness (QED) is 0.465. The van der Waals surface area contributed by atoms with E-state index in [1.807, 2.05) is 20.2 Å². The monoisotopic (exact) mass is 144 g/mol. The van der Waals surface area contributed by atoms with Crippen LogP contribution in [0.25, 0.3) is 0 Å². The molecule has 0 saturated carbocycles. The predicted octanol–water partition coefficient (Wildman–Crippen LogP) is 0.695. The van der Waals surface area contributed by atoms with E-state index >= 15 is 0 Å². The van der Waals surface area contributed by atoms with Crippen LogP contribution >= 0.6 is 0 Å². The van der Waals surface area contributed by atoms with E-state index in [0.29, 0.717) is 6.54 Å². The fourth-order valence-corrected chi connectivity index (χ4v) is 0.651. The third-order valence-electron chi connectivity index (χ3n) is 0.990. The summed E-state index contributed by atoms with van der Waals surface area (Å²) >= 11 is 0. The lowest BCUT2D eigenvalue weighted by molar-refractivity contribution is 0.144. The number of hydrazone groups is 1. The molecule has 0 bridgehead atoms. The van der Waals surface area contributed by atoms with Crippen molar-refractivity contribution < 1.29 is 5.11 Å². The average Bonchev–Trinajstić information content (AvgIpc) is 1.82. The fourth-order valence-electron chi connectivity index (χ4n) is 0.651. The number of aliphatic hydroxyl groups is 1. The van der Waals surface area contributed by atoms with Gasteiger partial charge in [-0.3, -0.25) is 5.01 Å². The molecule has 0 unspecified atom stereocenters. The fraction of sp³-hybridized carbons (Fsp3) is 0.857. The summed E-state index contributed by atoms with van der Waals surface area (Å²) in [7, 11) is 1.85. The van der Waals surface area contributed by atoms with Gasteiger partial charge in [0.2, 0.25) is 0 Å². The molecule has 0 aromatic carbocycles. The van der Waals surface area contributed by atoms with Crippen molar-refractivity contribution >= 4 is 6.21 Å². The molecule has 1 atom stereocenters. The molecule has 0 aromatic heterocycles. The van der Waals surface area contributed by atoms with E-state index < -0.39 is 0 Å². The zero-order chi connectivity index (χ0) is 7.98. The number of aliphatic hydroxyl groups excluding tert-OH is 1. The van der Waals surface area contributed by atoms with Gasteiger partial charge in [-0.1, -0.05) is 6.92 Å². The van der Waals surface area contributed by atoms with Crippen molar-refractivity contribution in [2.45, 2.75) is 26.4 Å². The highest BCUT2D eigenvalue weighted by Crippen LogP contribution is 1.87. The Kier molecular flexibility index (Phi) is 4.94. The van der Waals surface area contributed by atoms with Crippen LogP contribution in [0.15, 0.2) is 5.10 Å². The summed E-state index contributed by atoms with van der Waals surface area (Å²) < 4.78 is 0. The first-order valence-corrected chi connectivity index (χ1v) is 3.58. The van der Waals surface area contributed by atoms with Crippen molar-refractivity contribution in [2.24, 2.45) is 5.10 Å². The van der Waals surface area contributed by atoms with Crippen molar-refractivity contribution in [1.82, 2.24) is 5.01 Å². The molecule has 60 valence electrons. The maximum atomic E-state index is 8.91. The molecular weight excluding hydrogens is 128 g/mol. The second kappa shape index (κ2) is 5.23. The van der Waals surface area contributed by atoms with E-state index in [-0.39, 0.29) is 6.10 Å². The number of rotatable bonds is 4. The normalized spacial score (nSPS) is 14.0. The molecule has 10 heavy (non-hydrogen) atoms. The third-order valence-corrected chi connectivity index (χ3v) is 0.990. The second-order valence-corrected chi connectivity index (χ2v) is 2.40. The number of hydrogen-bond acceptors (Lipinski definition) is 3. The lowest BCUT2D eigenvalue weighted by Gasteiger charge is -2.13. The minimum Gasteiger partial charge on any atom is -0.392 e. The molecule has 3 nitrogen and oxygen atoms in total. The summed E-state index contributed by atoms with van der Waals surface area (Å²) in [4.78, 5) is 0. The van der Waals surface area contributed by atoms with Gasteiger partial charge in [-0.2, -0.15) is 5.10 Å². The van der Waals surface area contributed by atoms with Crippen molar-refractivity contribution in [3.05, 3.63) is 0 Å². The molecule has 0 amide bonds. The summed E-state index contributed by atoms with van der Waals surface area (Å²) in [5.74, 6) is 0. The topological polar surface area (TPSA) is 35.8 Å². The van der Waals surface area contributed by atoms with Crippen molar-refractivity contribution in [1.29, 1.82) is 0 Å². The zero-order valence-electron chi connectivity index (χ0n) is 6.91. The lowest BCUT2D eigenvalue weighted by atomic mass is 10.4. The minimum atomic E-state index is -0.306. The first-order chi connectivity index (χ1) is 4.66. The van der Waals surface area contributed by atoms with Gasteiger partial charge < -0.3 is 5.11 Å². The van der Waals surface area contributed by atoms with Crippen LogP contribution in [0.2, 0.25) is 0 Å². The maximum Gasteiger partial charge on any atom is 0.0703 e. The van der Waals surface area contributed by atoms with Gasteiger partial charge >= 0.3 is 0 Å². The van der Waals surface area contributed by atoms with Crippen LogP contribution in [0, 0.1) is 0 Å². The maximum absolute atomic E-state index is 8.91. The molecular formula is C7H16N2O. The van der Waals surface area contributed by atoms with E-state index in [4.69, 9.17) is 5.11 Å². The standard InChI is InChI=1S/C7H16N2O/c1-4-5-8-9(3)6-7(2)10/h5,7,10H,4,6H2,1-3H3/b8-5-/t7-/m1/s1. The number of nitrogens with zero attached hydrogens (tertiary/aromatic N) is 2. The van der Waals surface area contributed by atoms with Crippen LogP contribution in [0.5, 0.6) is 0 Å². The van der Waals surface area contributed by atoms with Gasteiger partial charge in [0.15, 0.2) is 0 Å². The van der Waals surface area contributed by atoms with Gasteiger partial charge in [0.1, 0.15) is 0 Å². The minimum absolute atomic E-state index is 0.306. The van der Waals surface area contributed by atoms with Gasteiger partial charge in [-0.05, 0) is 13.3 Å². The molecule has 0 radical (unpaired) electrons. The van der Waals surface area contributed by atoms with Gasteiger partial charge in [-0.15, -0.1) is 0 Å². The first kappa shape index (κ1) is 9.43. The smallest absolute Gasteiger partial charge is 0.0703 e. The Labute approximate surface area is 62.3 Å². The number of hydrogen-bond donors (Lipinski definition) is 1. The van der Waals surface area contributed by atoms with E-state index in [9.17, 15) is 0 Å². The Bertz CT molecular complexity index is 102. The summed E-state index contributed by atoms with van der Waals surface area (Å²) in [6, 6.07) is 0. The zero-order valence-corrected chi connectivity index (χ0v) is 6.91. The largest absolute Gasteiger partial charge is 0.392 e.